The van der Waals surface area contributed by atoms with Gasteiger partial charge in [0.1, 0.15) is 12.4 Å². The van der Waals surface area contributed by atoms with Gasteiger partial charge >= 0.3 is 0 Å². The predicted molar refractivity (Wildman–Crippen MR) is 121 cm³/mol. The highest BCUT2D eigenvalue weighted by Gasteiger charge is 2.12. The largest absolute Gasteiger partial charge is 0.494 e. The van der Waals surface area contributed by atoms with Crippen LogP contribution in [0.25, 0.3) is 0 Å². The van der Waals surface area contributed by atoms with Gasteiger partial charge in [0.2, 0.25) is 0 Å². The fraction of sp³-hybridized carbons (Fsp3) is 0.217. The first-order chi connectivity index (χ1) is 14.1. The van der Waals surface area contributed by atoms with Crippen molar-refractivity contribution in [3.8, 4) is 17.2 Å². The molecule has 0 atom stereocenters. The Balaban J connectivity index is 1.66. The van der Waals surface area contributed by atoms with Crippen LogP contribution in [0.5, 0.6) is 17.2 Å². The number of hydrogen-bond donors (Lipinski definition) is 1. The zero-order chi connectivity index (χ0) is 20.6. The SMILES string of the molecule is CCOc1ccc(NCc2cc(Br)c(OCc3ccc(Cl)cc3)c(OC)c2)cc1. The molecule has 4 nitrogen and oxygen atoms in total. The van der Waals surface area contributed by atoms with Gasteiger partial charge in [-0.3, -0.25) is 0 Å². The monoisotopic (exact) mass is 475 g/mol. The van der Waals surface area contributed by atoms with Crippen molar-refractivity contribution in [3.63, 3.8) is 0 Å². The fourth-order valence-electron chi connectivity index (χ4n) is 2.79. The van der Waals surface area contributed by atoms with Crippen molar-refractivity contribution in [2.24, 2.45) is 0 Å². The first-order valence-corrected chi connectivity index (χ1v) is 10.5. The van der Waals surface area contributed by atoms with Crippen molar-refractivity contribution < 1.29 is 14.2 Å². The number of benzene rings is 3. The number of ether oxygens (including phenoxy) is 3. The molecule has 0 unspecified atom stereocenters. The Morgan fingerprint density at radius 1 is 0.931 bits per heavy atom. The van der Waals surface area contributed by atoms with E-state index in [9.17, 15) is 0 Å². The van der Waals surface area contributed by atoms with Crippen molar-refractivity contribution >= 4 is 33.2 Å². The first-order valence-electron chi connectivity index (χ1n) is 9.29. The third kappa shape index (κ3) is 6.05. The molecule has 152 valence electrons. The van der Waals surface area contributed by atoms with E-state index in [1.165, 1.54) is 0 Å². The van der Waals surface area contributed by atoms with Crippen molar-refractivity contribution in [2.45, 2.75) is 20.1 Å². The van der Waals surface area contributed by atoms with Crippen molar-refractivity contribution in [1.29, 1.82) is 0 Å². The molecule has 0 aliphatic heterocycles. The van der Waals surface area contributed by atoms with Crippen LogP contribution in [-0.4, -0.2) is 13.7 Å². The third-order valence-corrected chi connectivity index (χ3v) is 5.09. The standard InChI is InChI=1S/C23H23BrClNO3/c1-3-28-20-10-8-19(9-11-20)26-14-17-12-21(24)23(22(13-17)27-2)29-15-16-4-6-18(25)7-5-16/h4-13,26H,3,14-15H2,1-2H3. The molecule has 0 aliphatic rings. The molecule has 1 N–H and O–H groups in total. The Kier molecular flexibility index (Phi) is 7.67. The normalized spacial score (nSPS) is 10.5. The lowest BCUT2D eigenvalue weighted by Crippen LogP contribution is -2.03. The zero-order valence-electron chi connectivity index (χ0n) is 16.4. The van der Waals surface area contributed by atoms with Gasteiger partial charge in [-0.25, -0.2) is 0 Å². The second-order valence-electron chi connectivity index (χ2n) is 6.34. The van der Waals surface area contributed by atoms with Crippen LogP contribution in [0.4, 0.5) is 5.69 Å². The van der Waals surface area contributed by atoms with Gasteiger partial charge < -0.3 is 19.5 Å². The molecule has 0 saturated carbocycles. The third-order valence-electron chi connectivity index (χ3n) is 4.25. The lowest BCUT2D eigenvalue weighted by atomic mass is 10.2. The average molecular weight is 477 g/mol. The highest BCUT2D eigenvalue weighted by Crippen LogP contribution is 2.37. The number of rotatable bonds is 9. The maximum Gasteiger partial charge on any atom is 0.175 e. The van der Waals surface area contributed by atoms with E-state index in [1.54, 1.807) is 7.11 Å². The molecule has 6 heteroatoms. The smallest absolute Gasteiger partial charge is 0.175 e. The highest BCUT2D eigenvalue weighted by atomic mass is 79.9. The van der Waals surface area contributed by atoms with E-state index in [2.05, 4.69) is 21.2 Å². The number of halogens is 2. The number of nitrogens with one attached hydrogen (secondary N) is 1. The van der Waals surface area contributed by atoms with Gasteiger partial charge in [-0.1, -0.05) is 23.7 Å². The van der Waals surface area contributed by atoms with E-state index in [0.29, 0.717) is 36.3 Å². The van der Waals surface area contributed by atoms with Gasteiger partial charge in [-0.2, -0.15) is 0 Å². The van der Waals surface area contributed by atoms with Crippen LogP contribution in [-0.2, 0) is 13.2 Å². The Labute approximate surface area is 184 Å². The summed E-state index contributed by atoms with van der Waals surface area (Å²) in [7, 11) is 1.64. The Morgan fingerprint density at radius 3 is 2.31 bits per heavy atom. The summed E-state index contributed by atoms with van der Waals surface area (Å²) in [5, 5.41) is 4.11. The molecule has 0 spiro atoms. The summed E-state index contributed by atoms with van der Waals surface area (Å²) in [6.07, 6.45) is 0. The minimum absolute atomic E-state index is 0.426. The molecule has 0 bridgehead atoms. The average Bonchev–Trinajstić information content (AvgIpc) is 2.73. The summed E-state index contributed by atoms with van der Waals surface area (Å²) in [4.78, 5) is 0. The molecule has 3 rings (SSSR count). The highest BCUT2D eigenvalue weighted by molar-refractivity contribution is 9.10. The molecule has 3 aromatic rings. The van der Waals surface area contributed by atoms with Crippen molar-refractivity contribution in [1.82, 2.24) is 0 Å². The van der Waals surface area contributed by atoms with E-state index >= 15 is 0 Å². The van der Waals surface area contributed by atoms with E-state index in [0.717, 1.165) is 27.0 Å². The molecule has 3 aromatic carbocycles. The molecule has 29 heavy (non-hydrogen) atoms. The van der Waals surface area contributed by atoms with Gasteiger partial charge in [0.05, 0.1) is 18.2 Å². The topological polar surface area (TPSA) is 39.7 Å². The van der Waals surface area contributed by atoms with Crippen molar-refractivity contribution in [3.05, 3.63) is 81.3 Å². The van der Waals surface area contributed by atoms with Gasteiger partial charge in [0.25, 0.3) is 0 Å². The first kappa shape index (κ1) is 21.3. The Morgan fingerprint density at radius 2 is 1.66 bits per heavy atom. The van der Waals surface area contributed by atoms with Crippen LogP contribution in [0.3, 0.4) is 0 Å². The lowest BCUT2D eigenvalue weighted by Gasteiger charge is -2.15. The molecular formula is C23H23BrClNO3. The van der Waals surface area contributed by atoms with E-state index < -0.39 is 0 Å². The molecule has 0 aliphatic carbocycles. The van der Waals surface area contributed by atoms with Gasteiger partial charge in [0, 0.05) is 17.3 Å². The maximum atomic E-state index is 5.99. The Hall–Kier alpha value is -2.37. The summed E-state index contributed by atoms with van der Waals surface area (Å²) < 4.78 is 17.9. The molecule has 0 saturated heterocycles. The summed E-state index contributed by atoms with van der Waals surface area (Å²) in [5.74, 6) is 2.22. The van der Waals surface area contributed by atoms with Crippen LogP contribution in [0.15, 0.2) is 65.1 Å². The van der Waals surface area contributed by atoms with Gasteiger partial charge in [0.15, 0.2) is 11.5 Å². The zero-order valence-corrected chi connectivity index (χ0v) is 18.7. The molecule has 0 fully saturated rings. The number of methoxy groups -OCH3 is 1. The van der Waals surface area contributed by atoms with Crippen LogP contribution in [0, 0.1) is 0 Å². The molecule has 0 radical (unpaired) electrons. The Bertz CT molecular complexity index is 930. The maximum absolute atomic E-state index is 5.99. The second-order valence-corrected chi connectivity index (χ2v) is 7.63. The van der Waals surface area contributed by atoms with Crippen LogP contribution in [0.2, 0.25) is 5.02 Å². The van der Waals surface area contributed by atoms with Gasteiger partial charge in [-0.15, -0.1) is 0 Å². The van der Waals surface area contributed by atoms with E-state index in [4.69, 9.17) is 25.8 Å². The summed E-state index contributed by atoms with van der Waals surface area (Å²) >= 11 is 9.54. The summed E-state index contributed by atoms with van der Waals surface area (Å²) in [6.45, 7) is 3.71. The molecule has 0 heterocycles. The number of anilines is 1. The van der Waals surface area contributed by atoms with Crippen LogP contribution < -0.4 is 19.5 Å². The number of hydrogen-bond acceptors (Lipinski definition) is 4. The second kappa shape index (κ2) is 10.4. The van der Waals surface area contributed by atoms with Crippen LogP contribution in [0.1, 0.15) is 18.1 Å². The van der Waals surface area contributed by atoms with E-state index in [1.807, 2.05) is 67.6 Å². The van der Waals surface area contributed by atoms with Crippen LogP contribution >= 0.6 is 27.5 Å². The molecular weight excluding hydrogens is 454 g/mol. The summed E-state index contributed by atoms with van der Waals surface area (Å²) in [5.41, 5.74) is 3.12. The molecule has 0 amide bonds. The molecule has 0 aromatic heterocycles. The minimum Gasteiger partial charge on any atom is -0.494 e. The quantitative estimate of drug-likeness (QED) is 0.373. The fourth-order valence-corrected chi connectivity index (χ4v) is 3.52. The minimum atomic E-state index is 0.426. The summed E-state index contributed by atoms with van der Waals surface area (Å²) in [6, 6.07) is 19.5. The lowest BCUT2D eigenvalue weighted by molar-refractivity contribution is 0.282. The van der Waals surface area contributed by atoms with E-state index in [-0.39, 0.29) is 0 Å². The van der Waals surface area contributed by atoms with Crippen molar-refractivity contribution in [2.75, 3.05) is 19.0 Å². The predicted octanol–water partition coefficient (Wildman–Crippen LogP) is 6.70. The van der Waals surface area contributed by atoms with Gasteiger partial charge in [-0.05, 0) is 82.5 Å².